The van der Waals surface area contributed by atoms with Crippen LogP contribution in [0, 0.1) is 6.92 Å². The number of aromatic amines is 1. The second-order valence-electron chi connectivity index (χ2n) is 3.43. The summed E-state index contributed by atoms with van der Waals surface area (Å²) >= 11 is 0. The average molecular weight is 206 g/mol. The van der Waals surface area contributed by atoms with E-state index in [0.29, 0.717) is 6.54 Å². The zero-order chi connectivity index (χ0) is 10.7. The molecule has 0 unspecified atom stereocenters. The van der Waals surface area contributed by atoms with Gasteiger partial charge in [0.2, 0.25) is 0 Å². The molecule has 2 rings (SSSR count). The second kappa shape index (κ2) is 4.22. The Morgan fingerprint density at radius 2 is 2.27 bits per heavy atom. The number of hydrogen-bond donors (Lipinski definition) is 2. The Morgan fingerprint density at radius 3 is 2.87 bits per heavy atom. The molecule has 0 atom stereocenters. The summed E-state index contributed by atoms with van der Waals surface area (Å²) in [6, 6.07) is 0. The van der Waals surface area contributed by atoms with Crippen molar-refractivity contribution >= 4 is 0 Å². The second-order valence-corrected chi connectivity index (χ2v) is 3.43. The Kier molecular flexibility index (Phi) is 2.77. The van der Waals surface area contributed by atoms with Crippen molar-refractivity contribution in [3.8, 4) is 0 Å². The van der Waals surface area contributed by atoms with E-state index in [1.165, 1.54) is 0 Å². The summed E-state index contributed by atoms with van der Waals surface area (Å²) in [6.45, 7) is 3.35. The molecule has 0 bridgehead atoms. The number of hydrogen-bond acceptors (Lipinski definition) is 4. The molecular weight excluding hydrogens is 192 g/mol. The standard InChI is InChI=1S/C9H14N6/c1-7-11-4-8(13-7)3-10-5-9-12-6-15(2)14-9/h4,6,10H,3,5H2,1-2H3,(H,11,13). The predicted molar refractivity (Wildman–Crippen MR) is 54.9 cm³/mol. The summed E-state index contributed by atoms with van der Waals surface area (Å²) in [5, 5.41) is 7.40. The predicted octanol–water partition coefficient (Wildman–Crippen LogP) is 0.136. The zero-order valence-electron chi connectivity index (χ0n) is 8.86. The van der Waals surface area contributed by atoms with Gasteiger partial charge in [-0.1, -0.05) is 0 Å². The van der Waals surface area contributed by atoms with Gasteiger partial charge in [-0.05, 0) is 6.92 Å². The van der Waals surface area contributed by atoms with Gasteiger partial charge in [0.1, 0.15) is 12.2 Å². The molecule has 2 N–H and O–H groups in total. The molecule has 0 saturated heterocycles. The van der Waals surface area contributed by atoms with E-state index in [-0.39, 0.29) is 0 Å². The molecule has 0 radical (unpaired) electrons. The van der Waals surface area contributed by atoms with Gasteiger partial charge in [-0.15, -0.1) is 0 Å². The van der Waals surface area contributed by atoms with E-state index in [1.807, 2.05) is 20.2 Å². The number of nitrogens with one attached hydrogen (secondary N) is 2. The topological polar surface area (TPSA) is 71.4 Å². The van der Waals surface area contributed by atoms with Gasteiger partial charge in [-0.25, -0.2) is 9.97 Å². The Morgan fingerprint density at radius 1 is 1.40 bits per heavy atom. The Balaban J connectivity index is 1.80. The van der Waals surface area contributed by atoms with Crippen LogP contribution in [-0.4, -0.2) is 24.7 Å². The van der Waals surface area contributed by atoms with E-state index in [4.69, 9.17) is 0 Å². The summed E-state index contributed by atoms with van der Waals surface area (Å²) < 4.78 is 1.69. The van der Waals surface area contributed by atoms with Crippen LogP contribution in [0.4, 0.5) is 0 Å². The lowest BCUT2D eigenvalue weighted by Crippen LogP contribution is -2.14. The molecule has 0 saturated carbocycles. The number of aryl methyl sites for hydroxylation is 2. The van der Waals surface area contributed by atoms with Crippen molar-refractivity contribution in [1.29, 1.82) is 0 Å². The molecule has 6 nitrogen and oxygen atoms in total. The van der Waals surface area contributed by atoms with Gasteiger partial charge in [0.25, 0.3) is 0 Å². The summed E-state index contributed by atoms with van der Waals surface area (Å²) in [4.78, 5) is 11.4. The zero-order valence-corrected chi connectivity index (χ0v) is 8.86. The molecular formula is C9H14N6. The highest BCUT2D eigenvalue weighted by atomic mass is 15.3. The number of nitrogens with zero attached hydrogens (tertiary/aromatic N) is 4. The Hall–Kier alpha value is -1.69. The van der Waals surface area contributed by atoms with Gasteiger partial charge in [0, 0.05) is 25.5 Å². The summed E-state index contributed by atoms with van der Waals surface area (Å²) in [7, 11) is 1.86. The fourth-order valence-corrected chi connectivity index (χ4v) is 1.34. The van der Waals surface area contributed by atoms with Crippen LogP contribution in [0.15, 0.2) is 12.5 Å². The lowest BCUT2D eigenvalue weighted by Gasteiger charge is -1.98. The van der Waals surface area contributed by atoms with Gasteiger partial charge >= 0.3 is 0 Å². The van der Waals surface area contributed by atoms with Crippen molar-refractivity contribution in [2.45, 2.75) is 20.0 Å². The van der Waals surface area contributed by atoms with Gasteiger partial charge < -0.3 is 10.3 Å². The van der Waals surface area contributed by atoms with Crippen LogP contribution in [-0.2, 0) is 20.1 Å². The van der Waals surface area contributed by atoms with Gasteiger partial charge in [-0.3, -0.25) is 4.68 Å². The van der Waals surface area contributed by atoms with Gasteiger partial charge in [-0.2, -0.15) is 5.10 Å². The molecule has 0 aliphatic heterocycles. The van der Waals surface area contributed by atoms with Crippen LogP contribution in [0.1, 0.15) is 17.3 Å². The molecule has 6 heteroatoms. The summed E-state index contributed by atoms with van der Waals surface area (Å²) in [6.07, 6.45) is 3.52. The van der Waals surface area contributed by atoms with Crippen molar-refractivity contribution in [2.24, 2.45) is 7.05 Å². The molecule has 2 aromatic rings. The minimum absolute atomic E-state index is 0.666. The molecule has 0 aromatic carbocycles. The van der Waals surface area contributed by atoms with E-state index >= 15 is 0 Å². The highest BCUT2D eigenvalue weighted by Gasteiger charge is 1.99. The molecule has 2 aromatic heterocycles. The van der Waals surface area contributed by atoms with Gasteiger partial charge in [0.15, 0.2) is 5.82 Å². The summed E-state index contributed by atoms with van der Waals surface area (Å²) in [5.41, 5.74) is 1.07. The number of H-pyrrole nitrogens is 1. The van der Waals surface area contributed by atoms with Crippen molar-refractivity contribution < 1.29 is 0 Å². The molecule has 0 spiro atoms. The smallest absolute Gasteiger partial charge is 0.164 e. The normalized spacial score (nSPS) is 10.8. The first-order valence-electron chi connectivity index (χ1n) is 4.80. The lowest BCUT2D eigenvalue weighted by molar-refractivity contribution is 0.642. The van der Waals surface area contributed by atoms with E-state index in [2.05, 4.69) is 25.4 Å². The minimum Gasteiger partial charge on any atom is -0.345 e. The quantitative estimate of drug-likeness (QED) is 0.746. The molecule has 15 heavy (non-hydrogen) atoms. The molecule has 80 valence electrons. The van der Waals surface area contributed by atoms with Crippen LogP contribution < -0.4 is 5.32 Å². The molecule has 0 aliphatic rings. The monoisotopic (exact) mass is 206 g/mol. The van der Waals surface area contributed by atoms with Crippen LogP contribution >= 0.6 is 0 Å². The van der Waals surface area contributed by atoms with Crippen LogP contribution in [0.25, 0.3) is 0 Å². The van der Waals surface area contributed by atoms with E-state index in [0.717, 1.165) is 23.9 Å². The maximum Gasteiger partial charge on any atom is 0.164 e. The highest BCUT2D eigenvalue weighted by Crippen LogP contribution is 1.95. The average Bonchev–Trinajstić information content (AvgIpc) is 2.76. The third-order valence-corrected chi connectivity index (χ3v) is 2.00. The SMILES string of the molecule is Cc1ncc(CNCc2ncn(C)n2)[nH]1. The maximum atomic E-state index is 4.16. The van der Waals surface area contributed by atoms with E-state index in [9.17, 15) is 0 Å². The molecule has 0 amide bonds. The largest absolute Gasteiger partial charge is 0.345 e. The fraction of sp³-hybridized carbons (Fsp3) is 0.444. The van der Waals surface area contributed by atoms with Crippen molar-refractivity contribution in [3.63, 3.8) is 0 Å². The van der Waals surface area contributed by atoms with Crippen molar-refractivity contribution in [3.05, 3.63) is 29.9 Å². The highest BCUT2D eigenvalue weighted by molar-refractivity contribution is 4.99. The van der Waals surface area contributed by atoms with Crippen LogP contribution in [0.5, 0.6) is 0 Å². The first kappa shape index (κ1) is 9.85. The molecule has 0 aliphatic carbocycles. The van der Waals surface area contributed by atoms with Gasteiger partial charge in [0.05, 0.1) is 6.54 Å². The van der Waals surface area contributed by atoms with E-state index in [1.54, 1.807) is 11.0 Å². The Labute approximate surface area is 87.8 Å². The van der Waals surface area contributed by atoms with Crippen molar-refractivity contribution in [2.75, 3.05) is 0 Å². The van der Waals surface area contributed by atoms with Crippen LogP contribution in [0.3, 0.4) is 0 Å². The first-order chi connectivity index (χ1) is 7.24. The number of imidazole rings is 1. The first-order valence-corrected chi connectivity index (χ1v) is 4.80. The Bertz CT molecular complexity index is 389. The fourth-order valence-electron chi connectivity index (χ4n) is 1.34. The number of aromatic nitrogens is 5. The maximum absolute atomic E-state index is 4.16. The minimum atomic E-state index is 0.666. The lowest BCUT2D eigenvalue weighted by atomic mass is 10.4. The third kappa shape index (κ3) is 2.63. The van der Waals surface area contributed by atoms with Crippen LogP contribution in [0.2, 0.25) is 0 Å². The molecule has 2 heterocycles. The molecule has 0 fully saturated rings. The number of rotatable bonds is 4. The summed E-state index contributed by atoms with van der Waals surface area (Å²) in [5.74, 6) is 1.73. The van der Waals surface area contributed by atoms with Crippen molar-refractivity contribution in [1.82, 2.24) is 30.0 Å². The van der Waals surface area contributed by atoms with E-state index < -0.39 is 0 Å². The third-order valence-electron chi connectivity index (χ3n) is 2.00.